The van der Waals surface area contributed by atoms with Gasteiger partial charge in [-0.05, 0) is 43.2 Å². The molecule has 0 aliphatic heterocycles. The van der Waals surface area contributed by atoms with Gasteiger partial charge in [-0.25, -0.2) is 0 Å². The largest absolute Gasteiger partial charge is 0.497 e. The van der Waals surface area contributed by atoms with E-state index in [2.05, 4.69) is 0 Å². The Morgan fingerprint density at radius 2 is 1.89 bits per heavy atom. The van der Waals surface area contributed by atoms with Crippen molar-refractivity contribution in [2.24, 2.45) is 0 Å². The minimum Gasteiger partial charge on any atom is -0.497 e. The van der Waals surface area contributed by atoms with Crippen molar-refractivity contribution in [3.8, 4) is 5.75 Å². The normalized spacial score (nSPS) is 10.3. The molecular formula is C15H16O2S. The van der Waals surface area contributed by atoms with Crippen LogP contribution >= 0.6 is 11.3 Å². The fourth-order valence-electron chi connectivity index (χ4n) is 1.76. The number of ether oxygens (including phenoxy) is 1. The van der Waals surface area contributed by atoms with Gasteiger partial charge in [-0.15, -0.1) is 11.3 Å². The number of benzene rings is 1. The first kappa shape index (κ1) is 12.8. The Bertz CT molecular complexity index is 526. The SMILES string of the molecule is COc1ccc(CCC(=O)c2ccc(C)s2)cc1. The summed E-state index contributed by atoms with van der Waals surface area (Å²) in [6, 6.07) is 11.8. The summed E-state index contributed by atoms with van der Waals surface area (Å²) in [6.07, 6.45) is 1.34. The lowest BCUT2D eigenvalue weighted by molar-refractivity contribution is 0.0987. The maximum Gasteiger partial charge on any atom is 0.173 e. The van der Waals surface area contributed by atoms with Crippen LogP contribution in [0.1, 0.15) is 26.5 Å². The Morgan fingerprint density at radius 3 is 2.44 bits per heavy atom. The summed E-state index contributed by atoms with van der Waals surface area (Å²) in [5, 5.41) is 0. The number of thiophene rings is 1. The summed E-state index contributed by atoms with van der Waals surface area (Å²) in [7, 11) is 1.65. The third kappa shape index (κ3) is 3.20. The Morgan fingerprint density at radius 1 is 1.17 bits per heavy atom. The first-order chi connectivity index (χ1) is 8.69. The first-order valence-electron chi connectivity index (χ1n) is 5.91. The van der Waals surface area contributed by atoms with Crippen molar-refractivity contribution < 1.29 is 9.53 Å². The number of aryl methyl sites for hydroxylation is 2. The summed E-state index contributed by atoms with van der Waals surface area (Å²) < 4.78 is 5.10. The van der Waals surface area contributed by atoms with Crippen LogP contribution in [0.4, 0.5) is 0 Å². The summed E-state index contributed by atoms with van der Waals surface area (Å²) in [6.45, 7) is 2.02. The summed E-state index contributed by atoms with van der Waals surface area (Å²) in [5.41, 5.74) is 1.16. The van der Waals surface area contributed by atoms with Gasteiger partial charge in [-0.2, -0.15) is 0 Å². The molecule has 2 nitrogen and oxygen atoms in total. The Labute approximate surface area is 111 Å². The molecule has 0 radical (unpaired) electrons. The van der Waals surface area contributed by atoms with E-state index in [-0.39, 0.29) is 5.78 Å². The van der Waals surface area contributed by atoms with Crippen molar-refractivity contribution in [3.63, 3.8) is 0 Å². The molecule has 2 rings (SSSR count). The summed E-state index contributed by atoms with van der Waals surface area (Å²) in [5.74, 6) is 1.07. The highest BCUT2D eigenvalue weighted by Crippen LogP contribution is 2.18. The zero-order valence-electron chi connectivity index (χ0n) is 10.6. The van der Waals surface area contributed by atoms with E-state index in [4.69, 9.17) is 4.74 Å². The van der Waals surface area contributed by atoms with Crippen LogP contribution in [0.3, 0.4) is 0 Å². The van der Waals surface area contributed by atoms with Crippen LogP contribution in [-0.2, 0) is 6.42 Å². The number of hydrogen-bond acceptors (Lipinski definition) is 3. The van der Waals surface area contributed by atoms with Gasteiger partial charge < -0.3 is 4.74 Å². The lowest BCUT2D eigenvalue weighted by atomic mass is 10.1. The second-order valence-corrected chi connectivity index (χ2v) is 5.47. The van der Waals surface area contributed by atoms with Crippen LogP contribution in [0.2, 0.25) is 0 Å². The van der Waals surface area contributed by atoms with Crippen LogP contribution in [0.15, 0.2) is 36.4 Å². The smallest absolute Gasteiger partial charge is 0.173 e. The Kier molecular flexibility index (Phi) is 4.15. The fraction of sp³-hybridized carbons (Fsp3) is 0.267. The number of hydrogen-bond donors (Lipinski definition) is 0. The van der Waals surface area contributed by atoms with Crippen molar-refractivity contribution >= 4 is 17.1 Å². The molecule has 3 heteroatoms. The van der Waals surface area contributed by atoms with E-state index in [1.54, 1.807) is 18.4 Å². The van der Waals surface area contributed by atoms with E-state index in [0.29, 0.717) is 6.42 Å². The average molecular weight is 260 g/mol. The van der Waals surface area contributed by atoms with E-state index in [9.17, 15) is 4.79 Å². The molecule has 2 aromatic rings. The maximum absolute atomic E-state index is 11.9. The van der Waals surface area contributed by atoms with Crippen molar-refractivity contribution in [2.75, 3.05) is 7.11 Å². The second-order valence-electron chi connectivity index (χ2n) is 4.18. The van der Waals surface area contributed by atoms with E-state index in [0.717, 1.165) is 22.6 Å². The zero-order chi connectivity index (χ0) is 13.0. The van der Waals surface area contributed by atoms with Crippen molar-refractivity contribution in [3.05, 3.63) is 51.7 Å². The number of ketones is 1. The lowest BCUT2D eigenvalue weighted by Crippen LogP contribution is -1.98. The standard InChI is InChI=1S/C15H16O2S/c1-11-3-10-15(18-11)14(16)9-6-12-4-7-13(17-2)8-5-12/h3-5,7-8,10H,6,9H2,1-2H3. The van der Waals surface area contributed by atoms with Gasteiger partial charge in [0.1, 0.15) is 5.75 Å². The zero-order valence-corrected chi connectivity index (χ0v) is 11.4. The van der Waals surface area contributed by atoms with Crippen molar-refractivity contribution in [1.29, 1.82) is 0 Å². The van der Waals surface area contributed by atoms with E-state index in [1.807, 2.05) is 43.3 Å². The maximum atomic E-state index is 11.9. The van der Waals surface area contributed by atoms with Crippen LogP contribution < -0.4 is 4.74 Å². The van der Waals surface area contributed by atoms with Gasteiger partial charge in [-0.1, -0.05) is 12.1 Å². The molecule has 0 atom stereocenters. The predicted molar refractivity (Wildman–Crippen MR) is 74.7 cm³/mol. The third-order valence-corrected chi connectivity index (χ3v) is 3.86. The van der Waals surface area contributed by atoms with Gasteiger partial charge in [0.25, 0.3) is 0 Å². The van der Waals surface area contributed by atoms with Gasteiger partial charge in [0, 0.05) is 11.3 Å². The second kappa shape index (κ2) is 5.83. The third-order valence-electron chi connectivity index (χ3n) is 2.81. The molecule has 0 saturated heterocycles. The van der Waals surface area contributed by atoms with Crippen LogP contribution in [-0.4, -0.2) is 12.9 Å². The van der Waals surface area contributed by atoms with Crippen molar-refractivity contribution in [2.45, 2.75) is 19.8 Å². The van der Waals surface area contributed by atoms with E-state index < -0.39 is 0 Å². The van der Waals surface area contributed by atoms with E-state index in [1.165, 1.54) is 4.88 Å². The topological polar surface area (TPSA) is 26.3 Å². The Balaban J connectivity index is 1.92. The van der Waals surface area contributed by atoms with Gasteiger partial charge >= 0.3 is 0 Å². The number of methoxy groups -OCH3 is 1. The lowest BCUT2D eigenvalue weighted by Gasteiger charge is -2.02. The predicted octanol–water partition coefficient (Wildman–Crippen LogP) is 3.88. The molecule has 94 valence electrons. The average Bonchev–Trinajstić information content (AvgIpc) is 2.83. The van der Waals surface area contributed by atoms with Gasteiger partial charge in [-0.3, -0.25) is 4.79 Å². The molecule has 0 aliphatic rings. The number of rotatable bonds is 5. The molecule has 0 aliphatic carbocycles. The fourth-order valence-corrected chi connectivity index (χ4v) is 2.59. The highest BCUT2D eigenvalue weighted by Gasteiger charge is 2.08. The number of carbonyl (C=O) groups is 1. The van der Waals surface area contributed by atoms with Crippen LogP contribution in [0.25, 0.3) is 0 Å². The highest BCUT2D eigenvalue weighted by molar-refractivity contribution is 7.14. The Hall–Kier alpha value is -1.61. The quantitative estimate of drug-likeness (QED) is 0.763. The van der Waals surface area contributed by atoms with E-state index >= 15 is 0 Å². The first-order valence-corrected chi connectivity index (χ1v) is 6.73. The monoisotopic (exact) mass is 260 g/mol. The molecule has 0 saturated carbocycles. The molecular weight excluding hydrogens is 244 g/mol. The molecule has 0 bridgehead atoms. The molecule has 1 aromatic heterocycles. The minimum atomic E-state index is 0.226. The number of Topliss-reactive ketones (excluding diaryl/α,β-unsaturated/α-hetero) is 1. The highest BCUT2D eigenvalue weighted by atomic mass is 32.1. The van der Waals surface area contributed by atoms with Crippen LogP contribution in [0.5, 0.6) is 5.75 Å². The summed E-state index contributed by atoms with van der Waals surface area (Å²) in [4.78, 5) is 14.0. The molecule has 0 N–H and O–H groups in total. The number of carbonyl (C=O) groups excluding carboxylic acids is 1. The molecule has 0 amide bonds. The molecule has 1 heterocycles. The molecule has 0 spiro atoms. The molecule has 1 aromatic carbocycles. The van der Waals surface area contributed by atoms with Gasteiger partial charge in [0.15, 0.2) is 5.78 Å². The molecule has 0 fully saturated rings. The minimum absolute atomic E-state index is 0.226. The van der Waals surface area contributed by atoms with Crippen molar-refractivity contribution in [1.82, 2.24) is 0 Å². The van der Waals surface area contributed by atoms with Gasteiger partial charge in [0.2, 0.25) is 0 Å². The van der Waals surface area contributed by atoms with Crippen LogP contribution in [0, 0.1) is 6.92 Å². The van der Waals surface area contributed by atoms with Gasteiger partial charge in [0.05, 0.1) is 12.0 Å². The molecule has 0 unspecified atom stereocenters. The summed E-state index contributed by atoms with van der Waals surface area (Å²) >= 11 is 1.57. The molecule has 18 heavy (non-hydrogen) atoms.